The maximum atomic E-state index is 13.1. The molecule has 1 amide bonds. The van der Waals surface area contributed by atoms with Gasteiger partial charge in [-0.25, -0.2) is 4.39 Å². The van der Waals surface area contributed by atoms with Crippen LogP contribution in [0.5, 0.6) is 0 Å². The van der Waals surface area contributed by atoms with Crippen molar-refractivity contribution in [2.24, 2.45) is 0 Å². The Labute approximate surface area is 123 Å². The number of carbonyl (C=O) groups excluding carboxylic acids is 1. The van der Waals surface area contributed by atoms with Gasteiger partial charge in [0.2, 0.25) is 5.91 Å². The largest absolute Gasteiger partial charge is 0.323 e. The Kier molecular flexibility index (Phi) is 4.92. The number of hydrogen-bond acceptors (Lipinski definition) is 2. The molecule has 0 spiro atoms. The molecule has 1 aliphatic heterocycles. The third-order valence-corrected chi connectivity index (χ3v) is 5.03. The Morgan fingerprint density at radius 3 is 2.89 bits per heavy atom. The third kappa shape index (κ3) is 3.39. The van der Waals surface area contributed by atoms with Gasteiger partial charge in [-0.1, -0.05) is 18.0 Å². The summed E-state index contributed by atoms with van der Waals surface area (Å²) in [4.78, 5) is 12.1. The molecular weight excluding hydrogens is 341 g/mol. The molecule has 18 heavy (non-hydrogen) atoms. The van der Waals surface area contributed by atoms with Crippen LogP contribution in [0.1, 0.15) is 19.3 Å². The van der Waals surface area contributed by atoms with Gasteiger partial charge in [-0.15, -0.1) is 11.8 Å². The standard InChI is InChI=1S/C12H12BrClFNOS/c13-8-5-7(15)6-9(14)11(8)16-12(17)10-3-1-2-4-18-10/h5-6,10H,1-4H2,(H,16,17). The quantitative estimate of drug-likeness (QED) is 0.851. The predicted octanol–water partition coefficient (Wildman–Crippen LogP) is 4.47. The molecule has 1 fully saturated rings. The zero-order chi connectivity index (χ0) is 13.1. The van der Waals surface area contributed by atoms with E-state index in [-0.39, 0.29) is 16.2 Å². The maximum Gasteiger partial charge on any atom is 0.237 e. The highest BCUT2D eigenvalue weighted by atomic mass is 79.9. The van der Waals surface area contributed by atoms with Crippen LogP contribution in [0.25, 0.3) is 0 Å². The lowest BCUT2D eigenvalue weighted by Gasteiger charge is -2.21. The molecular formula is C12H12BrClFNOS. The number of benzene rings is 1. The molecule has 0 aromatic heterocycles. The van der Waals surface area contributed by atoms with Crippen molar-refractivity contribution in [3.8, 4) is 0 Å². The molecule has 1 aliphatic rings. The van der Waals surface area contributed by atoms with E-state index in [2.05, 4.69) is 21.2 Å². The maximum absolute atomic E-state index is 13.1. The van der Waals surface area contributed by atoms with Crippen LogP contribution >= 0.6 is 39.3 Å². The number of rotatable bonds is 2. The van der Waals surface area contributed by atoms with Crippen LogP contribution in [0.15, 0.2) is 16.6 Å². The minimum absolute atomic E-state index is 0.0354. The van der Waals surface area contributed by atoms with Crippen molar-refractivity contribution >= 4 is 50.9 Å². The first-order chi connectivity index (χ1) is 8.58. The monoisotopic (exact) mass is 351 g/mol. The van der Waals surface area contributed by atoms with Gasteiger partial charge < -0.3 is 5.32 Å². The predicted molar refractivity (Wildman–Crippen MR) is 77.8 cm³/mol. The van der Waals surface area contributed by atoms with Crippen LogP contribution in [-0.2, 0) is 4.79 Å². The Balaban J connectivity index is 2.11. The average molecular weight is 353 g/mol. The Bertz CT molecular complexity index is 442. The lowest BCUT2D eigenvalue weighted by Crippen LogP contribution is -2.27. The molecule has 0 radical (unpaired) electrons. The highest BCUT2D eigenvalue weighted by Crippen LogP contribution is 2.33. The van der Waals surface area contributed by atoms with E-state index < -0.39 is 5.82 Å². The number of carbonyl (C=O) groups is 1. The molecule has 1 aromatic carbocycles. The molecule has 1 aromatic rings. The molecule has 1 atom stereocenters. The van der Waals surface area contributed by atoms with Gasteiger partial charge in [-0.2, -0.15) is 0 Å². The van der Waals surface area contributed by atoms with E-state index in [1.807, 2.05) is 0 Å². The second-order valence-electron chi connectivity index (χ2n) is 4.09. The second-order valence-corrected chi connectivity index (χ2v) is 6.66. The molecule has 1 heterocycles. The van der Waals surface area contributed by atoms with Crippen molar-refractivity contribution in [2.45, 2.75) is 24.5 Å². The molecule has 2 rings (SSSR count). The molecule has 1 unspecified atom stereocenters. The first-order valence-electron chi connectivity index (χ1n) is 5.65. The molecule has 0 bridgehead atoms. The molecule has 0 saturated carbocycles. The van der Waals surface area contributed by atoms with Gasteiger partial charge in [-0.05, 0) is 46.7 Å². The minimum Gasteiger partial charge on any atom is -0.323 e. The number of hydrogen-bond donors (Lipinski definition) is 1. The van der Waals surface area contributed by atoms with Crippen LogP contribution in [0.2, 0.25) is 5.02 Å². The van der Waals surface area contributed by atoms with E-state index in [0.717, 1.165) is 25.0 Å². The molecule has 1 N–H and O–H groups in total. The molecule has 98 valence electrons. The van der Waals surface area contributed by atoms with Crippen molar-refractivity contribution < 1.29 is 9.18 Å². The molecule has 6 heteroatoms. The minimum atomic E-state index is -0.433. The summed E-state index contributed by atoms with van der Waals surface area (Å²) in [6.45, 7) is 0. The SMILES string of the molecule is O=C(Nc1c(Cl)cc(F)cc1Br)C1CCCCS1. The first-order valence-corrected chi connectivity index (χ1v) is 7.87. The van der Waals surface area contributed by atoms with E-state index in [9.17, 15) is 9.18 Å². The van der Waals surface area contributed by atoms with E-state index in [1.54, 1.807) is 11.8 Å². The Morgan fingerprint density at radius 2 is 2.28 bits per heavy atom. The lowest BCUT2D eigenvalue weighted by atomic mass is 10.2. The van der Waals surface area contributed by atoms with Crippen molar-refractivity contribution in [1.29, 1.82) is 0 Å². The van der Waals surface area contributed by atoms with Crippen LogP contribution in [0.3, 0.4) is 0 Å². The van der Waals surface area contributed by atoms with Crippen LogP contribution in [-0.4, -0.2) is 16.9 Å². The topological polar surface area (TPSA) is 29.1 Å². The summed E-state index contributed by atoms with van der Waals surface area (Å²) < 4.78 is 13.5. The summed E-state index contributed by atoms with van der Waals surface area (Å²) in [5.41, 5.74) is 0.439. The lowest BCUT2D eigenvalue weighted by molar-refractivity contribution is -0.115. The number of nitrogens with one attached hydrogen (secondary N) is 1. The van der Waals surface area contributed by atoms with E-state index in [1.165, 1.54) is 12.1 Å². The normalized spacial score (nSPS) is 19.6. The fraction of sp³-hybridized carbons (Fsp3) is 0.417. The van der Waals surface area contributed by atoms with Gasteiger partial charge in [-0.3, -0.25) is 4.79 Å². The molecule has 1 saturated heterocycles. The third-order valence-electron chi connectivity index (χ3n) is 2.73. The zero-order valence-corrected chi connectivity index (χ0v) is 12.7. The average Bonchev–Trinajstić information content (AvgIpc) is 2.34. The van der Waals surface area contributed by atoms with Gasteiger partial charge in [0.05, 0.1) is 16.0 Å². The smallest absolute Gasteiger partial charge is 0.237 e. The van der Waals surface area contributed by atoms with Crippen molar-refractivity contribution in [2.75, 3.05) is 11.1 Å². The Hall–Kier alpha value is -0.260. The van der Waals surface area contributed by atoms with Crippen LogP contribution in [0.4, 0.5) is 10.1 Å². The summed E-state index contributed by atoms with van der Waals surface area (Å²) in [5, 5.41) is 2.94. The number of thioether (sulfide) groups is 1. The van der Waals surface area contributed by atoms with E-state index in [0.29, 0.717) is 10.2 Å². The highest BCUT2D eigenvalue weighted by molar-refractivity contribution is 9.10. The Morgan fingerprint density at radius 1 is 1.50 bits per heavy atom. The van der Waals surface area contributed by atoms with E-state index in [4.69, 9.17) is 11.6 Å². The second kappa shape index (κ2) is 6.26. The number of anilines is 1. The summed E-state index contributed by atoms with van der Waals surface area (Å²) in [6.07, 6.45) is 3.12. The highest BCUT2D eigenvalue weighted by Gasteiger charge is 2.23. The molecule has 0 aliphatic carbocycles. The van der Waals surface area contributed by atoms with Crippen molar-refractivity contribution in [3.63, 3.8) is 0 Å². The van der Waals surface area contributed by atoms with Crippen molar-refractivity contribution in [3.05, 3.63) is 27.4 Å². The van der Waals surface area contributed by atoms with Gasteiger partial charge in [0.25, 0.3) is 0 Å². The fourth-order valence-corrected chi connectivity index (χ4v) is 3.91. The van der Waals surface area contributed by atoms with Gasteiger partial charge >= 0.3 is 0 Å². The summed E-state index contributed by atoms with van der Waals surface area (Å²) in [7, 11) is 0. The van der Waals surface area contributed by atoms with E-state index >= 15 is 0 Å². The first kappa shape index (κ1) is 14.2. The summed E-state index contributed by atoms with van der Waals surface area (Å²) in [5.74, 6) is 0.516. The zero-order valence-electron chi connectivity index (χ0n) is 9.51. The van der Waals surface area contributed by atoms with Crippen LogP contribution < -0.4 is 5.32 Å². The van der Waals surface area contributed by atoms with Gasteiger partial charge in [0, 0.05) is 4.47 Å². The number of amides is 1. The molecule has 2 nitrogen and oxygen atoms in total. The van der Waals surface area contributed by atoms with Crippen molar-refractivity contribution in [1.82, 2.24) is 0 Å². The fourth-order valence-electron chi connectivity index (χ4n) is 1.81. The van der Waals surface area contributed by atoms with Crippen LogP contribution in [0, 0.1) is 5.82 Å². The summed E-state index contributed by atoms with van der Waals surface area (Å²) >= 11 is 10.8. The van der Waals surface area contributed by atoms with Gasteiger partial charge in [0.15, 0.2) is 0 Å². The summed E-state index contributed by atoms with van der Waals surface area (Å²) in [6, 6.07) is 2.48. The van der Waals surface area contributed by atoms with Gasteiger partial charge in [0.1, 0.15) is 5.82 Å². The number of halogens is 3.